The molecule has 0 spiro atoms. The Hall–Kier alpha value is -2.79. The molecule has 5 nitrogen and oxygen atoms in total. The molecule has 0 aliphatic heterocycles. The Bertz CT molecular complexity index is 980. The summed E-state index contributed by atoms with van der Waals surface area (Å²) < 4.78 is 10.7. The van der Waals surface area contributed by atoms with Gasteiger partial charge in [-0.1, -0.05) is 25.1 Å². The fourth-order valence-corrected chi connectivity index (χ4v) is 3.68. The van der Waals surface area contributed by atoms with Gasteiger partial charge in [0, 0.05) is 24.5 Å². The maximum atomic E-state index is 11.7. The first-order chi connectivity index (χ1) is 14.1. The predicted octanol–water partition coefficient (Wildman–Crippen LogP) is 4.04. The number of fused-ring (bicyclic) bond motifs is 1. The fraction of sp³-hybridized carbons (Fsp3) is 0.375. The van der Waals surface area contributed by atoms with Crippen LogP contribution in [0.1, 0.15) is 24.5 Å². The summed E-state index contributed by atoms with van der Waals surface area (Å²) in [6, 6.07) is 15.8. The van der Waals surface area contributed by atoms with E-state index >= 15 is 0 Å². The molecule has 0 bridgehead atoms. The molecule has 1 heterocycles. The van der Waals surface area contributed by atoms with Gasteiger partial charge in [0.05, 0.1) is 19.7 Å². The molecule has 0 atom stereocenters. The summed E-state index contributed by atoms with van der Waals surface area (Å²) in [4.78, 5) is 17.2. The van der Waals surface area contributed by atoms with Crippen LogP contribution in [0.2, 0.25) is 0 Å². The number of aromatic nitrogens is 1. The monoisotopic (exact) mass is 394 g/mol. The fourth-order valence-electron chi connectivity index (χ4n) is 3.68. The largest absolute Gasteiger partial charge is 0.497 e. The lowest BCUT2D eigenvalue weighted by atomic mass is 10.0. The maximum absolute atomic E-state index is 11.7. The Morgan fingerprint density at radius 2 is 1.62 bits per heavy atom. The molecule has 2 aromatic carbocycles. The van der Waals surface area contributed by atoms with Crippen molar-refractivity contribution in [1.29, 1.82) is 0 Å². The summed E-state index contributed by atoms with van der Waals surface area (Å²) in [5.74, 6) is 1.59. The highest BCUT2D eigenvalue weighted by Crippen LogP contribution is 2.26. The van der Waals surface area contributed by atoms with Crippen molar-refractivity contribution in [2.24, 2.45) is 0 Å². The second-order valence-electron chi connectivity index (χ2n) is 7.23. The van der Waals surface area contributed by atoms with Gasteiger partial charge in [0.15, 0.2) is 0 Å². The average molecular weight is 395 g/mol. The van der Waals surface area contributed by atoms with Crippen LogP contribution in [0.25, 0.3) is 10.9 Å². The van der Waals surface area contributed by atoms with E-state index < -0.39 is 0 Å². The van der Waals surface area contributed by atoms with Gasteiger partial charge in [0.2, 0.25) is 5.56 Å². The zero-order valence-electron chi connectivity index (χ0n) is 17.5. The van der Waals surface area contributed by atoms with Crippen LogP contribution in [-0.4, -0.2) is 43.7 Å². The van der Waals surface area contributed by atoms with Crippen molar-refractivity contribution >= 4 is 10.9 Å². The summed E-state index contributed by atoms with van der Waals surface area (Å²) in [5, 5.41) is 1.05. The predicted molar refractivity (Wildman–Crippen MR) is 118 cm³/mol. The highest BCUT2D eigenvalue weighted by atomic mass is 16.5. The molecule has 5 heteroatoms. The lowest BCUT2D eigenvalue weighted by Crippen LogP contribution is -2.29. The molecule has 29 heavy (non-hydrogen) atoms. The van der Waals surface area contributed by atoms with Crippen molar-refractivity contribution in [3.8, 4) is 11.5 Å². The van der Waals surface area contributed by atoms with Crippen molar-refractivity contribution in [3.05, 3.63) is 70.0 Å². The summed E-state index contributed by atoms with van der Waals surface area (Å²) >= 11 is 0. The molecule has 154 valence electrons. The molecule has 0 saturated carbocycles. The molecule has 3 aromatic rings. The van der Waals surface area contributed by atoms with Crippen LogP contribution >= 0.6 is 0 Å². The van der Waals surface area contributed by atoms with E-state index in [1.807, 2.05) is 24.3 Å². The van der Waals surface area contributed by atoms with Crippen molar-refractivity contribution in [3.63, 3.8) is 0 Å². The van der Waals surface area contributed by atoms with E-state index in [4.69, 9.17) is 9.47 Å². The van der Waals surface area contributed by atoms with E-state index in [2.05, 4.69) is 35.0 Å². The number of nitrogens with zero attached hydrogens (tertiary/aromatic N) is 1. The first-order valence-electron chi connectivity index (χ1n) is 10.2. The number of ether oxygens (including phenoxy) is 2. The van der Waals surface area contributed by atoms with Crippen molar-refractivity contribution in [1.82, 2.24) is 9.88 Å². The van der Waals surface area contributed by atoms with Crippen molar-refractivity contribution in [2.75, 3.05) is 33.9 Å². The minimum atomic E-state index is -0.111. The van der Waals surface area contributed by atoms with Gasteiger partial charge >= 0.3 is 0 Å². The lowest BCUT2D eigenvalue weighted by molar-refractivity contribution is 0.281. The molecular weight excluding hydrogens is 364 g/mol. The SMILES string of the molecule is CCCN(CCc1ccc(OC)cc1)CCc1ccc(OC)c2[nH]c(=O)ccc12. The second-order valence-corrected chi connectivity index (χ2v) is 7.23. The van der Waals surface area contributed by atoms with Crippen LogP contribution in [0.3, 0.4) is 0 Å². The molecule has 0 fully saturated rings. The van der Waals surface area contributed by atoms with Crippen molar-refractivity contribution < 1.29 is 9.47 Å². The maximum Gasteiger partial charge on any atom is 0.248 e. The molecular formula is C24H30N2O3. The van der Waals surface area contributed by atoms with Gasteiger partial charge in [-0.05, 0) is 61.2 Å². The average Bonchev–Trinajstić information content (AvgIpc) is 2.75. The van der Waals surface area contributed by atoms with Gasteiger partial charge in [-0.25, -0.2) is 0 Å². The Balaban J connectivity index is 1.69. The summed E-state index contributed by atoms with van der Waals surface area (Å²) in [7, 11) is 3.32. The van der Waals surface area contributed by atoms with Gasteiger partial charge in [-0.3, -0.25) is 4.79 Å². The molecule has 0 amide bonds. The first kappa shape index (κ1) is 20.9. The quantitative estimate of drug-likeness (QED) is 0.564. The number of H-pyrrole nitrogens is 1. The molecule has 0 aliphatic rings. The topological polar surface area (TPSA) is 54.6 Å². The van der Waals surface area contributed by atoms with Crippen molar-refractivity contribution in [2.45, 2.75) is 26.2 Å². The number of nitrogens with one attached hydrogen (secondary N) is 1. The number of rotatable bonds is 10. The Labute approximate surface area is 172 Å². The lowest BCUT2D eigenvalue weighted by Gasteiger charge is -2.22. The Morgan fingerprint density at radius 1 is 0.862 bits per heavy atom. The van der Waals surface area contributed by atoms with Gasteiger partial charge in [-0.15, -0.1) is 0 Å². The third-order valence-corrected chi connectivity index (χ3v) is 5.28. The van der Waals surface area contributed by atoms with E-state index in [0.717, 1.165) is 55.5 Å². The molecule has 1 aromatic heterocycles. The number of benzene rings is 2. The molecule has 3 rings (SSSR count). The number of pyridine rings is 1. The normalized spacial score (nSPS) is 11.2. The Kier molecular flexibility index (Phi) is 7.30. The van der Waals surface area contributed by atoms with E-state index in [1.54, 1.807) is 20.3 Å². The van der Waals surface area contributed by atoms with Crippen LogP contribution in [0.4, 0.5) is 0 Å². The van der Waals surface area contributed by atoms with E-state index in [-0.39, 0.29) is 5.56 Å². The van der Waals surface area contributed by atoms with Crippen LogP contribution in [0.15, 0.2) is 53.3 Å². The van der Waals surface area contributed by atoms with Crippen LogP contribution in [0, 0.1) is 0 Å². The standard InChI is InChI=1S/C24H30N2O3/c1-4-15-26(16-13-18-5-8-20(28-2)9-6-18)17-14-19-7-11-22(29-3)24-21(19)10-12-23(27)25-24/h5-12H,4,13-17H2,1-3H3,(H,25,27). The summed E-state index contributed by atoms with van der Waals surface area (Å²) in [5.41, 5.74) is 3.21. The summed E-state index contributed by atoms with van der Waals surface area (Å²) in [6.07, 6.45) is 3.06. The molecule has 0 saturated heterocycles. The zero-order valence-corrected chi connectivity index (χ0v) is 17.5. The highest BCUT2D eigenvalue weighted by Gasteiger charge is 2.10. The minimum absolute atomic E-state index is 0.111. The molecule has 0 radical (unpaired) electrons. The Morgan fingerprint density at radius 3 is 2.31 bits per heavy atom. The van der Waals surface area contributed by atoms with Gasteiger partial charge < -0.3 is 19.4 Å². The minimum Gasteiger partial charge on any atom is -0.497 e. The zero-order chi connectivity index (χ0) is 20.6. The van der Waals surface area contributed by atoms with E-state index in [9.17, 15) is 4.79 Å². The molecule has 0 aliphatic carbocycles. The second kappa shape index (κ2) is 10.1. The third-order valence-electron chi connectivity index (χ3n) is 5.28. The first-order valence-corrected chi connectivity index (χ1v) is 10.2. The van der Waals surface area contributed by atoms with E-state index in [0.29, 0.717) is 5.75 Å². The third kappa shape index (κ3) is 5.39. The molecule has 1 N–H and O–H groups in total. The van der Waals surface area contributed by atoms with Gasteiger partial charge in [-0.2, -0.15) is 0 Å². The smallest absolute Gasteiger partial charge is 0.248 e. The number of methoxy groups -OCH3 is 2. The van der Waals surface area contributed by atoms with Gasteiger partial charge in [0.25, 0.3) is 0 Å². The number of hydrogen-bond acceptors (Lipinski definition) is 4. The van der Waals surface area contributed by atoms with Gasteiger partial charge in [0.1, 0.15) is 11.5 Å². The highest BCUT2D eigenvalue weighted by molar-refractivity contribution is 5.87. The summed E-state index contributed by atoms with van der Waals surface area (Å²) in [6.45, 7) is 5.28. The number of hydrogen-bond donors (Lipinski definition) is 1. The van der Waals surface area contributed by atoms with E-state index in [1.165, 1.54) is 11.1 Å². The number of aromatic amines is 1. The van der Waals surface area contributed by atoms with Crippen LogP contribution < -0.4 is 15.0 Å². The van der Waals surface area contributed by atoms with Crippen LogP contribution in [0.5, 0.6) is 11.5 Å². The molecule has 0 unspecified atom stereocenters. The van der Waals surface area contributed by atoms with Crippen LogP contribution in [-0.2, 0) is 12.8 Å².